The Bertz CT molecular complexity index is 346. The quantitative estimate of drug-likeness (QED) is 0.724. The van der Waals surface area contributed by atoms with Crippen LogP contribution >= 0.6 is 0 Å². The maximum atomic E-state index is 12.0. The average molecular weight is 278 g/mol. The number of hydrogen-bond acceptors (Lipinski definition) is 4. The molecule has 0 spiro atoms. The van der Waals surface area contributed by atoms with E-state index in [4.69, 9.17) is 9.84 Å². The van der Waals surface area contributed by atoms with Crippen LogP contribution in [0.2, 0.25) is 0 Å². The molecule has 2 aliphatic heterocycles. The number of nitrogens with zero attached hydrogens (tertiary/aromatic N) is 1. The number of piperidine rings is 1. The van der Waals surface area contributed by atoms with Gasteiger partial charge < -0.3 is 9.84 Å². The molecule has 0 amide bonds. The minimum Gasteiger partial charge on any atom is -0.396 e. The van der Waals surface area contributed by atoms with Gasteiger partial charge in [0.15, 0.2) is 0 Å². The van der Waals surface area contributed by atoms with Gasteiger partial charge in [0.1, 0.15) is 0 Å². The Balaban J connectivity index is 1.79. The van der Waals surface area contributed by atoms with Crippen molar-refractivity contribution in [2.24, 2.45) is 5.92 Å². The minimum absolute atomic E-state index is 0.0229. The molecular formula is C11H22N2O4S. The molecule has 7 heteroatoms. The number of rotatable bonds is 5. The maximum absolute atomic E-state index is 12.0. The van der Waals surface area contributed by atoms with Gasteiger partial charge in [0.25, 0.3) is 10.2 Å². The molecule has 2 heterocycles. The van der Waals surface area contributed by atoms with Crippen LogP contribution in [0, 0.1) is 5.92 Å². The van der Waals surface area contributed by atoms with E-state index >= 15 is 0 Å². The lowest BCUT2D eigenvalue weighted by Crippen LogP contribution is -2.47. The fraction of sp³-hybridized carbons (Fsp3) is 1.00. The molecule has 106 valence electrons. The van der Waals surface area contributed by atoms with Gasteiger partial charge in [-0.15, -0.1) is 0 Å². The monoisotopic (exact) mass is 278 g/mol. The van der Waals surface area contributed by atoms with Crippen molar-refractivity contribution in [3.8, 4) is 0 Å². The number of hydrogen-bond donors (Lipinski definition) is 2. The zero-order valence-corrected chi connectivity index (χ0v) is 11.4. The van der Waals surface area contributed by atoms with Crippen molar-refractivity contribution >= 4 is 10.2 Å². The molecule has 0 saturated carbocycles. The van der Waals surface area contributed by atoms with E-state index in [1.165, 1.54) is 4.31 Å². The molecule has 2 saturated heterocycles. The van der Waals surface area contributed by atoms with Crippen molar-refractivity contribution in [1.29, 1.82) is 0 Å². The lowest BCUT2D eigenvalue weighted by Gasteiger charge is -2.30. The van der Waals surface area contributed by atoms with Crippen LogP contribution in [-0.4, -0.2) is 56.8 Å². The molecule has 2 fully saturated rings. The molecule has 6 nitrogen and oxygen atoms in total. The standard InChI is InChI=1S/C11H22N2O4S/c14-9-10-3-5-13(6-4-10)18(15,16)12-8-11-2-1-7-17-11/h10-12,14H,1-9H2. The van der Waals surface area contributed by atoms with Crippen LogP contribution in [0.4, 0.5) is 0 Å². The summed E-state index contributed by atoms with van der Waals surface area (Å²) in [6.45, 7) is 2.23. The lowest BCUT2D eigenvalue weighted by atomic mass is 10.00. The Morgan fingerprint density at radius 3 is 2.56 bits per heavy atom. The van der Waals surface area contributed by atoms with Gasteiger partial charge in [0.2, 0.25) is 0 Å². The van der Waals surface area contributed by atoms with Gasteiger partial charge in [0, 0.05) is 32.8 Å². The van der Waals surface area contributed by atoms with Gasteiger partial charge >= 0.3 is 0 Å². The van der Waals surface area contributed by atoms with Gasteiger partial charge in [-0.25, -0.2) is 0 Å². The van der Waals surface area contributed by atoms with Crippen LogP contribution in [0.15, 0.2) is 0 Å². The van der Waals surface area contributed by atoms with Crippen molar-refractivity contribution in [2.75, 3.05) is 32.8 Å². The Morgan fingerprint density at radius 1 is 1.28 bits per heavy atom. The Kier molecular flexibility index (Phi) is 4.97. The summed E-state index contributed by atoms with van der Waals surface area (Å²) < 4.78 is 33.5. The van der Waals surface area contributed by atoms with Crippen LogP contribution in [0.1, 0.15) is 25.7 Å². The molecule has 2 rings (SSSR count). The molecule has 18 heavy (non-hydrogen) atoms. The van der Waals surface area contributed by atoms with Crippen molar-refractivity contribution < 1.29 is 18.3 Å². The van der Waals surface area contributed by atoms with E-state index in [1.54, 1.807) is 0 Å². The zero-order valence-electron chi connectivity index (χ0n) is 10.5. The third-order valence-electron chi connectivity index (χ3n) is 3.69. The van der Waals surface area contributed by atoms with E-state index in [0.717, 1.165) is 32.3 Å². The molecule has 0 aromatic heterocycles. The van der Waals surface area contributed by atoms with Gasteiger partial charge in [-0.3, -0.25) is 0 Å². The second-order valence-corrected chi connectivity index (χ2v) is 6.77. The molecule has 2 aliphatic rings. The molecule has 1 unspecified atom stereocenters. The smallest absolute Gasteiger partial charge is 0.279 e. The minimum atomic E-state index is -3.38. The summed E-state index contributed by atoms with van der Waals surface area (Å²) in [5, 5.41) is 9.03. The number of ether oxygens (including phenoxy) is 1. The summed E-state index contributed by atoms with van der Waals surface area (Å²) in [6.07, 6.45) is 3.42. The highest BCUT2D eigenvalue weighted by molar-refractivity contribution is 7.87. The summed E-state index contributed by atoms with van der Waals surface area (Å²) in [5.74, 6) is 0.245. The van der Waals surface area contributed by atoms with Gasteiger partial charge in [-0.1, -0.05) is 0 Å². The van der Waals surface area contributed by atoms with Crippen molar-refractivity contribution in [3.63, 3.8) is 0 Å². The summed E-state index contributed by atoms with van der Waals surface area (Å²) in [7, 11) is -3.38. The fourth-order valence-corrected chi connectivity index (χ4v) is 3.70. The first kappa shape index (κ1) is 14.2. The van der Waals surface area contributed by atoms with Crippen molar-refractivity contribution in [3.05, 3.63) is 0 Å². The van der Waals surface area contributed by atoms with Gasteiger partial charge in [-0.05, 0) is 31.6 Å². The molecule has 2 N–H and O–H groups in total. The first-order valence-electron chi connectivity index (χ1n) is 6.59. The van der Waals surface area contributed by atoms with E-state index < -0.39 is 10.2 Å². The summed E-state index contributed by atoms with van der Waals surface area (Å²) >= 11 is 0. The van der Waals surface area contributed by atoms with Crippen molar-refractivity contribution in [2.45, 2.75) is 31.8 Å². The summed E-state index contributed by atoms with van der Waals surface area (Å²) in [5.41, 5.74) is 0. The van der Waals surface area contributed by atoms with Crippen LogP contribution in [0.3, 0.4) is 0 Å². The number of aliphatic hydroxyl groups excluding tert-OH is 1. The van der Waals surface area contributed by atoms with Crippen LogP contribution in [0.25, 0.3) is 0 Å². The molecule has 0 bridgehead atoms. The average Bonchev–Trinajstić information content (AvgIpc) is 2.90. The Labute approximate surface area is 108 Å². The van der Waals surface area contributed by atoms with Crippen LogP contribution in [-0.2, 0) is 14.9 Å². The van der Waals surface area contributed by atoms with E-state index in [0.29, 0.717) is 19.6 Å². The van der Waals surface area contributed by atoms with Crippen LogP contribution in [0.5, 0.6) is 0 Å². The van der Waals surface area contributed by atoms with E-state index in [-0.39, 0.29) is 18.6 Å². The molecule has 0 aliphatic carbocycles. The largest absolute Gasteiger partial charge is 0.396 e. The summed E-state index contributed by atoms with van der Waals surface area (Å²) in [6, 6.07) is 0. The van der Waals surface area contributed by atoms with Crippen LogP contribution < -0.4 is 4.72 Å². The molecule has 0 radical (unpaired) electrons. The predicted octanol–water partition coefficient (Wildman–Crippen LogP) is -0.296. The van der Waals surface area contributed by atoms with E-state index in [2.05, 4.69) is 4.72 Å². The van der Waals surface area contributed by atoms with Gasteiger partial charge in [0.05, 0.1) is 6.10 Å². The Morgan fingerprint density at radius 2 is 2.00 bits per heavy atom. The molecule has 1 atom stereocenters. The van der Waals surface area contributed by atoms with E-state index in [1.807, 2.05) is 0 Å². The zero-order chi connectivity index (χ0) is 13.0. The second-order valence-electron chi connectivity index (χ2n) is 5.01. The molecular weight excluding hydrogens is 256 g/mol. The lowest BCUT2D eigenvalue weighted by molar-refractivity contribution is 0.113. The molecule has 0 aromatic rings. The van der Waals surface area contributed by atoms with Crippen molar-refractivity contribution in [1.82, 2.24) is 9.03 Å². The third kappa shape index (κ3) is 3.64. The fourth-order valence-electron chi connectivity index (χ4n) is 2.43. The predicted molar refractivity (Wildman–Crippen MR) is 67.3 cm³/mol. The number of nitrogens with one attached hydrogen (secondary N) is 1. The SMILES string of the molecule is O=S(=O)(NCC1CCCO1)N1CCC(CO)CC1. The van der Waals surface area contributed by atoms with Gasteiger partial charge in [-0.2, -0.15) is 17.4 Å². The summed E-state index contributed by atoms with van der Waals surface area (Å²) in [4.78, 5) is 0. The van der Waals surface area contributed by atoms with E-state index in [9.17, 15) is 8.42 Å². The molecule has 0 aromatic carbocycles. The normalized spacial score (nSPS) is 27.7. The topological polar surface area (TPSA) is 78.9 Å². The third-order valence-corrected chi connectivity index (χ3v) is 5.27. The first-order valence-corrected chi connectivity index (χ1v) is 8.03. The maximum Gasteiger partial charge on any atom is 0.279 e. The number of aliphatic hydroxyl groups is 1. The highest BCUT2D eigenvalue weighted by atomic mass is 32.2. The first-order chi connectivity index (χ1) is 8.62. The second kappa shape index (κ2) is 6.29. The highest BCUT2D eigenvalue weighted by Gasteiger charge is 2.28. The highest BCUT2D eigenvalue weighted by Crippen LogP contribution is 2.18. The Hall–Kier alpha value is -0.210.